The Balaban J connectivity index is 1.35. The minimum atomic E-state index is -0.623. The molecule has 5 rings (SSSR count). The van der Waals surface area contributed by atoms with E-state index in [1.165, 1.54) is 25.3 Å². The molecule has 2 amide bonds. The molecule has 0 spiro atoms. The molecular weight excluding hydrogens is 598 g/mol. The van der Waals surface area contributed by atoms with E-state index in [4.69, 9.17) is 20.6 Å². The first-order chi connectivity index (χ1) is 22.7. The monoisotopic (exact) mass is 633 g/mol. The molecular formula is C36H35N5O6. The summed E-state index contributed by atoms with van der Waals surface area (Å²) in [6.07, 6.45) is 0.681. The smallest absolute Gasteiger partial charge is 0.338 e. The van der Waals surface area contributed by atoms with Crippen LogP contribution < -0.4 is 16.4 Å². The fraction of sp³-hybridized carbons (Fsp3) is 0.194. The molecule has 4 aromatic rings. The van der Waals surface area contributed by atoms with Crippen molar-refractivity contribution >= 4 is 41.0 Å². The van der Waals surface area contributed by atoms with Gasteiger partial charge in [0.2, 0.25) is 0 Å². The Morgan fingerprint density at radius 3 is 2.32 bits per heavy atom. The van der Waals surface area contributed by atoms with Crippen LogP contribution in [-0.2, 0) is 27.3 Å². The first-order valence-electron chi connectivity index (χ1n) is 15.0. The SMILES string of the molecule is COC(=O)CC1CN(CCc2ccccc2)C(=O)c2cc(NC(=O)c3ccc(C(=O)OCc4ccccc4)cc3C(=N)N)ccc2N1. The standard InChI is InChI=1S/C36H35N5O6/c1-46-32(42)20-27-21-41(17-16-23-8-4-2-5-9-23)35(44)30-19-26(13-15-31(30)39-27)40-34(43)28-14-12-25(18-29(28)33(37)38)36(45)47-22-24-10-6-3-7-11-24/h2-15,18-19,27,39H,16-17,20-22H2,1H3,(H3,37,38)(H,40,43). The molecule has 0 fully saturated rings. The number of carbonyl (C=O) groups is 4. The normalized spacial score (nSPS) is 13.9. The number of ether oxygens (including phenoxy) is 2. The van der Waals surface area contributed by atoms with Gasteiger partial charge in [-0.1, -0.05) is 60.7 Å². The Kier molecular flexibility index (Phi) is 10.3. The summed E-state index contributed by atoms with van der Waals surface area (Å²) >= 11 is 0. The number of amidine groups is 1. The third kappa shape index (κ3) is 8.20. The number of carbonyl (C=O) groups excluding carboxylic acids is 4. The number of esters is 2. The highest BCUT2D eigenvalue weighted by Crippen LogP contribution is 2.28. The molecule has 0 radical (unpaired) electrons. The number of rotatable bonds is 11. The number of fused-ring (bicyclic) bond motifs is 1. The lowest BCUT2D eigenvalue weighted by Gasteiger charge is -2.24. The number of nitrogens with zero attached hydrogens (tertiary/aromatic N) is 1. The van der Waals surface area contributed by atoms with Crippen LogP contribution in [0.5, 0.6) is 0 Å². The van der Waals surface area contributed by atoms with Crippen LogP contribution in [0.2, 0.25) is 0 Å². The van der Waals surface area contributed by atoms with Gasteiger partial charge in [-0.3, -0.25) is 19.8 Å². The van der Waals surface area contributed by atoms with Gasteiger partial charge in [0.15, 0.2) is 0 Å². The van der Waals surface area contributed by atoms with Crippen LogP contribution >= 0.6 is 0 Å². The van der Waals surface area contributed by atoms with Gasteiger partial charge in [0.1, 0.15) is 12.4 Å². The second-order valence-electron chi connectivity index (χ2n) is 11.1. The second kappa shape index (κ2) is 14.9. The molecule has 1 atom stereocenters. The van der Waals surface area contributed by atoms with E-state index in [9.17, 15) is 19.2 Å². The van der Waals surface area contributed by atoms with Crippen molar-refractivity contribution in [2.75, 3.05) is 30.8 Å². The predicted octanol–water partition coefficient (Wildman–Crippen LogP) is 4.62. The lowest BCUT2D eigenvalue weighted by Crippen LogP contribution is -2.39. The maximum absolute atomic E-state index is 13.8. The first-order valence-corrected chi connectivity index (χ1v) is 15.0. The van der Waals surface area contributed by atoms with Crippen molar-refractivity contribution in [3.05, 3.63) is 130 Å². The highest BCUT2D eigenvalue weighted by molar-refractivity contribution is 6.13. The summed E-state index contributed by atoms with van der Waals surface area (Å²) in [7, 11) is 1.32. The van der Waals surface area contributed by atoms with E-state index in [1.807, 2.05) is 60.7 Å². The van der Waals surface area contributed by atoms with E-state index < -0.39 is 23.7 Å². The summed E-state index contributed by atoms with van der Waals surface area (Å²) in [4.78, 5) is 53.8. The molecule has 1 heterocycles. The van der Waals surface area contributed by atoms with Crippen molar-refractivity contribution in [3.63, 3.8) is 0 Å². The molecule has 0 saturated heterocycles. The molecule has 0 aliphatic carbocycles. The van der Waals surface area contributed by atoms with E-state index in [-0.39, 0.29) is 48.2 Å². The summed E-state index contributed by atoms with van der Waals surface area (Å²) in [6.45, 7) is 0.760. The zero-order valence-electron chi connectivity index (χ0n) is 25.8. The Morgan fingerprint density at radius 2 is 1.64 bits per heavy atom. The fourth-order valence-electron chi connectivity index (χ4n) is 5.31. The van der Waals surface area contributed by atoms with Crippen molar-refractivity contribution in [1.29, 1.82) is 5.41 Å². The number of amides is 2. The summed E-state index contributed by atoms with van der Waals surface area (Å²) < 4.78 is 10.3. The van der Waals surface area contributed by atoms with Crippen LogP contribution in [0.3, 0.4) is 0 Å². The molecule has 4 aromatic carbocycles. The van der Waals surface area contributed by atoms with Crippen molar-refractivity contribution in [2.24, 2.45) is 5.73 Å². The zero-order chi connectivity index (χ0) is 33.3. The number of hydrogen-bond donors (Lipinski definition) is 4. The Morgan fingerprint density at radius 1 is 0.936 bits per heavy atom. The lowest BCUT2D eigenvalue weighted by molar-refractivity contribution is -0.140. The maximum Gasteiger partial charge on any atom is 0.338 e. The molecule has 1 aliphatic heterocycles. The van der Waals surface area contributed by atoms with E-state index in [0.29, 0.717) is 29.9 Å². The lowest BCUT2D eigenvalue weighted by atomic mass is 10.0. The van der Waals surface area contributed by atoms with Gasteiger partial charge in [-0.05, 0) is 53.9 Å². The molecule has 0 saturated carbocycles. The number of anilines is 2. The van der Waals surface area contributed by atoms with Crippen LogP contribution in [0.4, 0.5) is 11.4 Å². The molecule has 47 heavy (non-hydrogen) atoms. The Bertz CT molecular complexity index is 1790. The molecule has 1 aliphatic rings. The van der Waals surface area contributed by atoms with Gasteiger partial charge in [0.05, 0.1) is 36.3 Å². The number of nitrogen functional groups attached to an aromatic ring is 1. The maximum atomic E-state index is 13.8. The van der Waals surface area contributed by atoms with Crippen molar-refractivity contribution < 1.29 is 28.7 Å². The molecule has 240 valence electrons. The Hall–Kier alpha value is -5.97. The zero-order valence-corrected chi connectivity index (χ0v) is 25.8. The predicted molar refractivity (Wildman–Crippen MR) is 178 cm³/mol. The molecule has 11 heteroatoms. The van der Waals surface area contributed by atoms with Crippen LogP contribution in [-0.4, -0.2) is 60.7 Å². The van der Waals surface area contributed by atoms with Gasteiger partial charge in [0, 0.05) is 30.0 Å². The van der Waals surface area contributed by atoms with Crippen molar-refractivity contribution in [1.82, 2.24) is 4.90 Å². The van der Waals surface area contributed by atoms with Gasteiger partial charge in [0.25, 0.3) is 11.8 Å². The quantitative estimate of drug-likeness (QED) is 0.106. The van der Waals surface area contributed by atoms with Gasteiger partial charge < -0.3 is 30.7 Å². The summed E-state index contributed by atoms with van der Waals surface area (Å²) in [5, 5.41) is 14.1. The number of methoxy groups -OCH3 is 1. The van der Waals surface area contributed by atoms with Gasteiger partial charge in [-0.25, -0.2) is 4.79 Å². The van der Waals surface area contributed by atoms with E-state index in [0.717, 1.165) is 11.1 Å². The van der Waals surface area contributed by atoms with Crippen molar-refractivity contribution in [3.8, 4) is 0 Å². The average molecular weight is 634 g/mol. The number of hydrogen-bond acceptors (Lipinski definition) is 8. The number of nitrogens with two attached hydrogens (primary N) is 1. The summed E-state index contributed by atoms with van der Waals surface area (Å²) in [5.41, 5.74) is 9.14. The largest absolute Gasteiger partial charge is 0.469 e. The van der Waals surface area contributed by atoms with Gasteiger partial charge in [-0.2, -0.15) is 0 Å². The van der Waals surface area contributed by atoms with Crippen LogP contribution in [0.25, 0.3) is 0 Å². The highest BCUT2D eigenvalue weighted by atomic mass is 16.5. The fourth-order valence-corrected chi connectivity index (χ4v) is 5.31. The minimum Gasteiger partial charge on any atom is -0.469 e. The van der Waals surface area contributed by atoms with Gasteiger partial charge in [-0.15, -0.1) is 0 Å². The van der Waals surface area contributed by atoms with E-state index in [2.05, 4.69) is 10.6 Å². The number of benzene rings is 4. The molecule has 11 nitrogen and oxygen atoms in total. The molecule has 5 N–H and O–H groups in total. The van der Waals surface area contributed by atoms with Crippen LogP contribution in [0, 0.1) is 5.41 Å². The third-order valence-corrected chi connectivity index (χ3v) is 7.75. The Labute approximate surface area is 272 Å². The highest BCUT2D eigenvalue weighted by Gasteiger charge is 2.29. The average Bonchev–Trinajstić information content (AvgIpc) is 3.22. The summed E-state index contributed by atoms with van der Waals surface area (Å²) in [6, 6.07) is 27.7. The van der Waals surface area contributed by atoms with Crippen LogP contribution in [0.15, 0.2) is 97.1 Å². The van der Waals surface area contributed by atoms with E-state index >= 15 is 0 Å². The second-order valence-corrected chi connectivity index (χ2v) is 11.1. The summed E-state index contributed by atoms with van der Waals surface area (Å²) in [5.74, 6) is -2.27. The number of nitrogens with one attached hydrogen (secondary N) is 3. The molecule has 0 bridgehead atoms. The first kappa shape index (κ1) is 32.4. The molecule has 0 aromatic heterocycles. The van der Waals surface area contributed by atoms with E-state index in [1.54, 1.807) is 23.1 Å². The molecule has 1 unspecified atom stereocenters. The van der Waals surface area contributed by atoms with Gasteiger partial charge >= 0.3 is 11.9 Å². The topological polar surface area (TPSA) is 164 Å². The van der Waals surface area contributed by atoms with Crippen molar-refractivity contribution in [2.45, 2.75) is 25.5 Å². The van der Waals surface area contributed by atoms with Crippen LogP contribution in [0.1, 0.15) is 54.2 Å². The third-order valence-electron chi connectivity index (χ3n) is 7.75. The minimum absolute atomic E-state index is 0.0573.